The van der Waals surface area contributed by atoms with E-state index in [-0.39, 0.29) is 11.7 Å². The number of carbonyl (C=O) groups is 1. The van der Waals surface area contributed by atoms with Crippen LogP contribution in [0.15, 0.2) is 48.5 Å². The molecular weight excluding hydrogens is 300 g/mol. The number of amides is 1. The standard InChI is InChI=1S/C20H24N2O2/c21-19-7-2-1-5-17(19)10-11-20(24)22(13-15-8-9-15)14-16-4-3-6-18(23)12-16/h1-7,12,15,23H,8-11,13-14,21H2. The number of anilines is 1. The van der Waals surface area contributed by atoms with Gasteiger partial charge >= 0.3 is 0 Å². The van der Waals surface area contributed by atoms with Crippen molar-refractivity contribution in [3.63, 3.8) is 0 Å². The molecule has 0 heterocycles. The molecule has 0 atom stereocenters. The van der Waals surface area contributed by atoms with Gasteiger partial charge in [-0.15, -0.1) is 0 Å². The molecule has 1 aliphatic rings. The van der Waals surface area contributed by atoms with Crippen molar-refractivity contribution in [3.8, 4) is 5.75 Å². The van der Waals surface area contributed by atoms with Crippen molar-refractivity contribution in [1.82, 2.24) is 4.90 Å². The third kappa shape index (κ3) is 4.51. The van der Waals surface area contributed by atoms with Crippen LogP contribution < -0.4 is 5.73 Å². The average molecular weight is 324 g/mol. The first-order valence-electron chi connectivity index (χ1n) is 8.51. The number of nitrogens with zero attached hydrogens (tertiary/aromatic N) is 1. The van der Waals surface area contributed by atoms with Gasteiger partial charge in [0.05, 0.1) is 0 Å². The topological polar surface area (TPSA) is 66.6 Å². The summed E-state index contributed by atoms with van der Waals surface area (Å²) < 4.78 is 0. The van der Waals surface area contributed by atoms with E-state index in [0.29, 0.717) is 25.3 Å². The quantitative estimate of drug-likeness (QED) is 0.768. The summed E-state index contributed by atoms with van der Waals surface area (Å²) in [6, 6.07) is 14.8. The fraction of sp³-hybridized carbons (Fsp3) is 0.350. The van der Waals surface area contributed by atoms with E-state index in [9.17, 15) is 9.90 Å². The van der Waals surface area contributed by atoms with Crippen LogP contribution in [0.5, 0.6) is 5.75 Å². The molecule has 2 aromatic rings. The van der Waals surface area contributed by atoms with Crippen LogP contribution in [0.2, 0.25) is 0 Å². The molecule has 4 heteroatoms. The lowest BCUT2D eigenvalue weighted by atomic mass is 10.1. The number of rotatable bonds is 7. The third-order valence-corrected chi connectivity index (χ3v) is 4.48. The van der Waals surface area contributed by atoms with Crippen LogP contribution in [0.25, 0.3) is 0 Å². The highest BCUT2D eigenvalue weighted by Gasteiger charge is 2.26. The SMILES string of the molecule is Nc1ccccc1CCC(=O)N(Cc1cccc(O)c1)CC1CC1. The Kier molecular flexibility index (Phi) is 5.04. The molecule has 24 heavy (non-hydrogen) atoms. The molecular formula is C20H24N2O2. The number of phenols is 1. The van der Waals surface area contributed by atoms with Gasteiger partial charge in [-0.2, -0.15) is 0 Å². The molecule has 126 valence electrons. The van der Waals surface area contributed by atoms with E-state index in [1.165, 1.54) is 12.8 Å². The van der Waals surface area contributed by atoms with Gasteiger partial charge in [-0.25, -0.2) is 0 Å². The lowest BCUT2D eigenvalue weighted by Crippen LogP contribution is -2.32. The van der Waals surface area contributed by atoms with Gasteiger partial charge in [0.15, 0.2) is 0 Å². The van der Waals surface area contributed by atoms with Crippen LogP contribution in [0.4, 0.5) is 5.69 Å². The maximum atomic E-state index is 12.7. The zero-order valence-corrected chi connectivity index (χ0v) is 13.8. The molecule has 0 aliphatic heterocycles. The first-order chi connectivity index (χ1) is 11.6. The number of nitrogen functional groups attached to an aromatic ring is 1. The second-order valence-corrected chi connectivity index (χ2v) is 6.59. The summed E-state index contributed by atoms with van der Waals surface area (Å²) in [4.78, 5) is 14.6. The van der Waals surface area contributed by atoms with E-state index < -0.39 is 0 Å². The zero-order chi connectivity index (χ0) is 16.9. The molecule has 1 amide bonds. The first kappa shape index (κ1) is 16.4. The van der Waals surface area contributed by atoms with Gasteiger partial charge in [0, 0.05) is 25.2 Å². The maximum Gasteiger partial charge on any atom is 0.223 e. The molecule has 2 aromatic carbocycles. The fourth-order valence-electron chi connectivity index (χ4n) is 2.90. The summed E-state index contributed by atoms with van der Waals surface area (Å²) in [7, 11) is 0. The van der Waals surface area contributed by atoms with Gasteiger partial charge in [-0.05, 0) is 54.5 Å². The van der Waals surface area contributed by atoms with Crippen molar-refractivity contribution >= 4 is 11.6 Å². The minimum absolute atomic E-state index is 0.147. The van der Waals surface area contributed by atoms with Gasteiger partial charge < -0.3 is 15.7 Å². The van der Waals surface area contributed by atoms with Gasteiger partial charge in [0.2, 0.25) is 5.91 Å². The van der Waals surface area contributed by atoms with Gasteiger partial charge in [0.25, 0.3) is 0 Å². The summed E-state index contributed by atoms with van der Waals surface area (Å²) in [5.41, 5.74) is 8.69. The number of aromatic hydroxyl groups is 1. The maximum absolute atomic E-state index is 12.7. The van der Waals surface area contributed by atoms with Crippen molar-refractivity contribution in [2.45, 2.75) is 32.2 Å². The summed E-state index contributed by atoms with van der Waals surface area (Å²) in [6.07, 6.45) is 3.53. The van der Waals surface area contributed by atoms with Gasteiger partial charge in [-0.1, -0.05) is 30.3 Å². The highest BCUT2D eigenvalue weighted by Crippen LogP contribution is 2.30. The van der Waals surface area contributed by atoms with E-state index in [4.69, 9.17) is 5.73 Å². The Morgan fingerprint density at radius 2 is 1.96 bits per heavy atom. The molecule has 0 spiro atoms. The number of carbonyl (C=O) groups excluding carboxylic acids is 1. The number of benzene rings is 2. The normalized spacial score (nSPS) is 13.7. The molecule has 3 N–H and O–H groups in total. The average Bonchev–Trinajstić information content (AvgIpc) is 3.37. The summed E-state index contributed by atoms with van der Waals surface area (Å²) in [5, 5.41) is 9.62. The van der Waals surface area contributed by atoms with Crippen molar-refractivity contribution in [2.24, 2.45) is 5.92 Å². The molecule has 0 unspecified atom stereocenters. The van der Waals surface area contributed by atoms with Crippen molar-refractivity contribution in [3.05, 3.63) is 59.7 Å². The Morgan fingerprint density at radius 3 is 2.67 bits per heavy atom. The van der Waals surface area contributed by atoms with Crippen LogP contribution >= 0.6 is 0 Å². The second kappa shape index (κ2) is 7.39. The van der Waals surface area contributed by atoms with Crippen LogP contribution in [-0.4, -0.2) is 22.5 Å². The van der Waals surface area contributed by atoms with E-state index in [1.807, 2.05) is 41.3 Å². The molecule has 0 aromatic heterocycles. The Bertz CT molecular complexity index is 710. The van der Waals surface area contributed by atoms with Gasteiger partial charge in [-0.3, -0.25) is 4.79 Å². The van der Waals surface area contributed by atoms with Crippen LogP contribution in [0.3, 0.4) is 0 Å². The molecule has 0 bridgehead atoms. The number of hydrogen-bond acceptors (Lipinski definition) is 3. The number of para-hydroxylation sites is 1. The van der Waals surface area contributed by atoms with Crippen LogP contribution in [-0.2, 0) is 17.8 Å². The van der Waals surface area contributed by atoms with Crippen LogP contribution in [0, 0.1) is 5.92 Å². The van der Waals surface area contributed by atoms with Crippen molar-refractivity contribution in [2.75, 3.05) is 12.3 Å². The lowest BCUT2D eigenvalue weighted by Gasteiger charge is -2.23. The Labute approximate surface area is 142 Å². The monoisotopic (exact) mass is 324 g/mol. The Morgan fingerprint density at radius 1 is 1.17 bits per heavy atom. The lowest BCUT2D eigenvalue weighted by molar-refractivity contribution is -0.132. The summed E-state index contributed by atoms with van der Waals surface area (Å²) >= 11 is 0. The molecule has 3 rings (SSSR count). The minimum Gasteiger partial charge on any atom is -0.508 e. The van der Waals surface area contributed by atoms with Gasteiger partial charge in [0.1, 0.15) is 5.75 Å². The zero-order valence-electron chi connectivity index (χ0n) is 13.8. The Hall–Kier alpha value is -2.49. The predicted octanol–water partition coefficient (Wildman–Crippen LogP) is 3.35. The molecule has 0 radical (unpaired) electrons. The molecule has 4 nitrogen and oxygen atoms in total. The number of aryl methyl sites for hydroxylation is 1. The number of nitrogens with two attached hydrogens (primary N) is 1. The summed E-state index contributed by atoms with van der Waals surface area (Å²) in [5.74, 6) is 1.02. The highest BCUT2D eigenvalue weighted by molar-refractivity contribution is 5.76. The molecule has 1 aliphatic carbocycles. The Balaban J connectivity index is 1.64. The molecule has 1 saturated carbocycles. The largest absolute Gasteiger partial charge is 0.508 e. The van der Waals surface area contributed by atoms with Crippen LogP contribution in [0.1, 0.15) is 30.4 Å². The summed E-state index contributed by atoms with van der Waals surface area (Å²) in [6.45, 7) is 1.35. The van der Waals surface area contributed by atoms with E-state index >= 15 is 0 Å². The smallest absolute Gasteiger partial charge is 0.223 e. The van der Waals surface area contributed by atoms with Crippen molar-refractivity contribution in [1.29, 1.82) is 0 Å². The van der Waals surface area contributed by atoms with E-state index in [1.54, 1.807) is 12.1 Å². The van der Waals surface area contributed by atoms with E-state index in [0.717, 1.165) is 23.4 Å². The molecule has 0 saturated heterocycles. The van der Waals surface area contributed by atoms with Crippen molar-refractivity contribution < 1.29 is 9.90 Å². The molecule has 1 fully saturated rings. The third-order valence-electron chi connectivity index (χ3n) is 4.48. The minimum atomic E-state index is 0.147. The highest BCUT2D eigenvalue weighted by atomic mass is 16.3. The van der Waals surface area contributed by atoms with E-state index in [2.05, 4.69) is 0 Å². The first-order valence-corrected chi connectivity index (χ1v) is 8.51. The fourth-order valence-corrected chi connectivity index (χ4v) is 2.90. The number of phenolic OH excluding ortho intramolecular Hbond substituents is 1. The second-order valence-electron chi connectivity index (χ2n) is 6.59. The predicted molar refractivity (Wildman–Crippen MR) is 95.4 cm³/mol. The number of hydrogen-bond donors (Lipinski definition) is 2.